The van der Waals surface area contributed by atoms with Crippen LogP contribution in [0.2, 0.25) is 0 Å². The van der Waals surface area contributed by atoms with Crippen molar-refractivity contribution in [3.05, 3.63) is 41.1 Å². The highest BCUT2D eigenvalue weighted by atomic mass is 32.2. The van der Waals surface area contributed by atoms with Crippen molar-refractivity contribution < 1.29 is 8.42 Å². The van der Waals surface area contributed by atoms with E-state index < -0.39 is 9.84 Å². The molecule has 4 nitrogen and oxygen atoms in total. The van der Waals surface area contributed by atoms with E-state index >= 15 is 0 Å². The molecule has 0 N–H and O–H groups in total. The van der Waals surface area contributed by atoms with Gasteiger partial charge in [0.25, 0.3) is 0 Å². The molecule has 0 saturated heterocycles. The lowest BCUT2D eigenvalue weighted by atomic mass is 10.2. The minimum atomic E-state index is -3.44. The third-order valence-electron chi connectivity index (χ3n) is 2.58. The van der Waals surface area contributed by atoms with Gasteiger partial charge in [-0.05, 0) is 29.0 Å². The summed E-state index contributed by atoms with van der Waals surface area (Å²) < 4.78 is 23.5. The fourth-order valence-corrected chi connectivity index (χ4v) is 3.59. The third kappa shape index (κ3) is 2.65. The second-order valence-corrected chi connectivity index (χ2v) is 7.95. The molecule has 0 atom stereocenters. The topological polar surface area (TPSA) is 59.9 Å². The summed E-state index contributed by atoms with van der Waals surface area (Å²) in [5, 5.41) is 3.73. The third-order valence-corrected chi connectivity index (χ3v) is 5.22. The van der Waals surface area contributed by atoms with Gasteiger partial charge in [-0.25, -0.2) is 18.4 Å². The first kappa shape index (κ1) is 13.4. The molecule has 3 heterocycles. The van der Waals surface area contributed by atoms with E-state index in [9.17, 15) is 8.42 Å². The van der Waals surface area contributed by atoms with Crippen molar-refractivity contribution in [2.24, 2.45) is 0 Å². The number of rotatable bonds is 3. The Hall–Kier alpha value is -1.57. The monoisotopic (exact) mass is 322 g/mol. The molecule has 0 fully saturated rings. The van der Waals surface area contributed by atoms with Gasteiger partial charge in [-0.2, -0.15) is 0 Å². The Balaban J connectivity index is 2.24. The van der Waals surface area contributed by atoms with E-state index in [1.165, 1.54) is 22.7 Å². The molecule has 3 aromatic heterocycles. The van der Waals surface area contributed by atoms with E-state index in [0.29, 0.717) is 11.4 Å². The van der Waals surface area contributed by atoms with Gasteiger partial charge in [0.2, 0.25) is 15.0 Å². The van der Waals surface area contributed by atoms with Crippen LogP contribution in [0.25, 0.3) is 21.1 Å². The summed E-state index contributed by atoms with van der Waals surface area (Å²) in [4.78, 5) is 10.2. The Morgan fingerprint density at radius 2 is 1.45 bits per heavy atom. The Bertz CT molecular complexity index is 770. The number of nitrogens with zero attached hydrogens (tertiary/aromatic N) is 2. The summed E-state index contributed by atoms with van der Waals surface area (Å²) in [6.45, 7) is 0. The first-order chi connectivity index (χ1) is 9.54. The van der Waals surface area contributed by atoms with Crippen molar-refractivity contribution in [2.75, 3.05) is 6.26 Å². The molecule has 0 bridgehead atoms. The predicted octanol–water partition coefficient (Wildman–Crippen LogP) is 3.34. The van der Waals surface area contributed by atoms with Crippen molar-refractivity contribution >= 4 is 32.5 Å². The van der Waals surface area contributed by atoms with Gasteiger partial charge in [0.15, 0.2) is 0 Å². The zero-order valence-corrected chi connectivity index (χ0v) is 12.9. The highest BCUT2D eigenvalue weighted by molar-refractivity contribution is 7.90. The number of sulfone groups is 1. The van der Waals surface area contributed by atoms with E-state index in [1.807, 2.05) is 41.1 Å². The summed E-state index contributed by atoms with van der Waals surface area (Å²) >= 11 is 3.04. The smallest absolute Gasteiger partial charge is 0.221 e. The lowest BCUT2D eigenvalue weighted by Gasteiger charge is -2.04. The van der Waals surface area contributed by atoms with Crippen molar-refractivity contribution in [1.29, 1.82) is 0 Å². The molecular weight excluding hydrogens is 312 g/mol. The van der Waals surface area contributed by atoms with Crippen LogP contribution in [0.5, 0.6) is 0 Å². The molecule has 0 aliphatic heterocycles. The molecule has 0 saturated carbocycles. The molecule has 0 aromatic carbocycles. The van der Waals surface area contributed by atoms with E-state index in [2.05, 4.69) is 9.97 Å². The molecule has 7 heteroatoms. The second kappa shape index (κ2) is 5.08. The number of hydrogen-bond acceptors (Lipinski definition) is 6. The minimum Gasteiger partial charge on any atom is -0.221 e. The fourth-order valence-electron chi connectivity index (χ4n) is 1.69. The number of thiophene rings is 2. The van der Waals surface area contributed by atoms with Gasteiger partial charge in [0.05, 0.1) is 21.1 Å². The van der Waals surface area contributed by atoms with Crippen LogP contribution in [0.1, 0.15) is 0 Å². The summed E-state index contributed by atoms with van der Waals surface area (Å²) in [6.07, 6.45) is 1.12. The standard InChI is InChI=1S/C13H10N2O2S3/c1-20(16,17)13-14-9(11-4-2-6-18-11)8-10(15-13)12-5-3-7-19-12/h2-8H,1H3. The van der Waals surface area contributed by atoms with Crippen molar-refractivity contribution in [1.82, 2.24) is 9.97 Å². The highest BCUT2D eigenvalue weighted by Gasteiger charge is 2.16. The minimum absolute atomic E-state index is 0.133. The zero-order chi connectivity index (χ0) is 14.2. The van der Waals surface area contributed by atoms with Gasteiger partial charge in [-0.3, -0.25) is 0 Å². The average molecular weight is 322 g/mol. The molecular formula is C13H10N2O2S3. The summed E-state index contributed by atoms with van der Waals surface area (Å²) in [7, 11) is -3.44. The van der Waals surface area contributed by atoms with Gasteiger partial charge in [0.1, 0.15) is 0 Å². The molecule has 0 spiro atoms. The van der Waals surface area contributed by atoms with E-state index in [1.54, 1.807) is 0 Å². The summed E-state index contributed by atoms with van der Waals surface area (Å²) in [5.41, 5.74) is 1.28. The Morgan fingerprint density at radius 3 is 1.80 bits per heavy atom. The largest absolute Gasteiger partial charge is 0.247 e. The van der Waals surface area contributed by atoms with Crippen LogP contribution in [-0.4, -0.2) is 24.6 Å². The molecule has 0 aliphatic rings. The predicted molar refractivity (Wildman–Crippen MR) is 81.8 cm³/mol. The van der Waals surface area contributed by atoms with Gasteiger partial charge in [-0.1, -0.05) is 12.1 Å². The van der Waals surface area contributed by atoms with E-state index in [-0.39, 0.29) is 5.16 Å². The first-order valence-electron chi connectivity index (χ1n) is 5.71. The van der Waals surface area contributed by atoms with Crippen LogP contribution in [0.15, 0.2) is 46.2 Å². The molecule has 0 amide bonds. The maximum Gasteiger partial charge on any atom is 0.247 e. The Morgan fingerprint density at radius 1 is 0.950 bits per heavy atom. The van der Waals surface area contributed by atoms with Crippen LogP contribution in [0.4, 0.5) is 0 Å². The number of hydrogen-bond donors (Lipinski definition) is 0. The van der Waals surface area contributed by atoms with E-state index in [4.69, 9.17) is 0 Å². The summed E-state index contributed by atoms with van der Waals surface area (Å²) in [5.74, 6) is 0. The maximum atomic E-state index is 11.8. The zero-order valence-electron chi connectivity index (χ0n) is 10.5. The Kier molecular flexibility index (Phi) is 3.41. The first-order valence-corrected chi connectivity index (χ1v) is 9.36. The van der Waals surface area contributed by atoms with Crippen molar-refractivity contribution in [2.45, 2.75) is 5.16 Å². The van der Waals surface area contributed by atoms with Crippen molar-refractivity contribution in [3.8, 4) is 21.1 Å². The molecule has 3 aromatic rings. The maximum absolute atomic E-state index is 11.8. The molecule has 20 heavy (non-hydrogen) atoms. The molecule has 0 unspecified atom stereocenters. The fraction of sp³-hybridized carbons (Fsp3) is 0.0769. The quantitative estimate of drug-likeness (QED) is 0.694. The van der Waals surface area contributed by atoms with Crippen LogP contribution in [-0.2, 0) is 9.84 Å². The van der Waals surface area contributed by atoms with E-state index in [0.717, 1.165) is 16.0 Å². The van der Waals surface area contributed by atoms with Crippen molar-refractivity contribution in [3.63, 3.8) is 0 Å². The van der Waals surface area contributed by atoms with Crippen LogP contribution in [0.3, 0.4) is 0 Å². The van der Waals surface area contributed by atoms with Gasteiger partial charge >= 0.3 is 0 Å². The Labute approximate surface area is 124 Å². The summed E-state index contributed by atoms with van der Waals surface area (Å²) in [6, 6.07) is 9.47. The van der Waals surface area contributed by atoms with Gasteiger partial charge < -0.3 is 0 Å². The molecule has 0 radical (unpaired) electrons. The number of aromatic nitrogens is 2. The lowest BCUT2D eigenvalue weighted by molar-refractivity contribution is 0.593. The molecule has 102 valence electrons. The van der Waals surface area contributed by atoms with Crippen LogP contribution >= 0.6 is 22.7 Å². The van der Waals surface area contributed by atoms with Crippen LogP contribution in [0, 0.1) is 0 Å². The lowest BCUT2D eigenvalue weighted by Crippen LogP contribution is -2.05. The normalized spacial score (nSPS) is 11.7. The van der Waals surface area contributed by atoms with Gasteiger partial charge in [-0.15, -0.1) is 22.7 Å². The SMILES string of the molecule is CS(=O)(=O)c1nc(-c2cccs2)cc(-c2cccs2)n1. The second-order valence-electron chi connectivity index (χ2n) is 4.15. The molecule has 3 rings (SSSR count). The highest BCUT2D eigenvalue weighted by Crippen LogP contribution is 2.29. The van der Waals surface area contributed by atoms with Gasteiger partial charge in [0, 0.05) is 6.26 Å². The molecule has 0 aliphatic carbocycles. The van der Waals surface area contributed by atoms with Crippen LogP contribution < -0.4 is 0 Å². The average Bonchev–Trinajstić information content (AvgIpc) is 3.10.